The van der Waals surface area contributed by atoms with Gasteiger partial charge < -0.3 is 10.4 Å². The minimum atomic E-state index is -0.950. The van der Waals surface area contributed by atoms with E-state index < -0.39 is 17.8 Å². The van der Waals surface area contributed by atoms with Gasteiger partial charge >= 0.3 is 5.97 Å². The maximum atomic E-state index is 11.7. The highest BCUT2D eigenvalue weighted by molar-refractivity contribution is 6.05. The summed E-state index contributed by atoms with van der Waals surface area (Å²) in [6.07, 6.45) is 0. The molecular formula is C12H13NO3. The van der Waals surface area contributed by atoms with Gasteiger partial charge in [0.05, 0.1) is 11.8 Å². The number of benzene rings is 1. The summed E-state index contributed by atoms with van der Waals surface area (Å²) in [5, 5.41) is 11.7. The van der Waals surface area contributed by atoms with E-state index in [1.165, 1.54) is 0 Å². The molecule has 1 aromatic rings. The van der Waals surface area contributed by atoms with Crippen LogP contribution >= 0.6 is 0 Å². The molecule has 0 aliphatic carbocycles. The van der Waals surface area contributed by atoms with E-state index >= 15 is 0 Å². The SMILES string of the molecule is Cc1ccc2c(c1)C(C(C)C(=O)O)C(=O)N2. The van der Waals surface area contributed by atoms with Crippen molar-refractivity contribution < 1.29 is 14.7 Å². The summed E-state index contributed by atoms with van der Waals surface area (Å²) in [4.78, 5) is 22.7. The van der Waals surface area contributed by atoms with Crippen LogP contribution in [0.3, 0.4) is 0 Å². The molecule has 1 aliphatic rings. The summed E-state index contributed by atoms with van der Waals surface area (Å²) in [6.45, 7) is 3.48. The van der Waals surface area contributed by atoms with Gasteiger partial charge in [0.2, 0.25) is 5.91 Å². The maximum Gasteiger partial charge on any atom is 0.307 e. The van der Waals surface area contributed by atoms with Crippen LogP contribution < -0.4 is 5.32 Å². The lowest BCUT2D eigenvalue weighted by molar-refractivity contribution is -0.143. The molecule has 0 radical (unpaired) electrons. The predicted octanol–water partition coefficient (Wildman–Crippen LogP) is 1.75. The minimum absolute atomic E-state index is 0.226. The zero-order valence-corrected chi connectivity index (χ0v) is 9.15. The van der Waals surface area contributed by atoms with Crippen LogP contribution in [0, 0.1) is 12.8 Å². The Morgan fingerprint density at radius 1 is 1.50 bits per heavy atom. The molecule has 1 heterocycles. The summed E-state index contributed by atoms with van der Waals surface area (Å²) in [7, 11) is 0. The molecule has 2 unspecified atom stereocenters. The van der Waals surface area contributed by atoms with E-state index in [4.69, 9.17) is 5.11 Å². The number of carbonyl (C=O) groups excluding carboxylic acids is 1. The van der Waals surface area contributed by atoms with Crippen molar-refractivity contribution in [2.45, 2.75) is 19.8 Å². The van der Waals surface area contributed by atoms with Gasteiger partial charge in [-0.3, -0.25) is 9.59 Å². The number of hydrogen-bond donors (Lipinski definition) is 2. The average Bonchev–Trinajstić information content (AvgIpc) is 2.52. The molecule has 2 atom stereocenters. The summed E-state index contributed by atoms with van der Waals surface area (Å²) < 4.78 is 0. The van der Waals surface area contributed by atoms with Gasteiger partial charge in [-0.2, -0.15) is 0 Å². The summed E-state index contributed by atoms with van der Waals surface area (Å²) in [6, 6.07) is 5.58. The highest BCUT2D eigenvalue weighted by atomic mass is 16.4. The lowest BCUT2D eigenvalue weighted by Gasteiger charge is -2.13. The molecule has 2 rings (SSSR count). The number of anilines is 1. The standard InChI is InChI=1S/C12H13NO3/c1-6-3-4-9-8(5-6)10(11(14)13-9)7(2)12(15)16/h3-5,7,10H,1-2H3,(H,13,14)(H,15,16). The van der Waals surface area contributed by atoms with E-state index in [2.05, 4.69) is 5.32 Å². The molecule has 0 saturated carbocycles. The molecule has 0 bridgehead atoms. The molecule has 1 amide bonds. The zero-order chi connectivity index (χ0) is 11.9. The Hall–Kier alpha value is -1.84. The van der Waals surface area contributed by atoms with Crippen molar-refractivity contribution in [1.82, 2.24) is 0 Å². The first-order valence-corrected chi connectivity index (χ1v) is 5.15. The molecule has 1 aromatic carbocycles. The van der Waals surface area contributed by atoms with Crippen LogP contribution in [0.4, 0.5) is 5.69 Å². The van der Waals surface area contributed by atoms with E-state index in [0.29, 0.717) is 0 Å². The van der Waals surface area contributed by atoms with Crippen LogP contribution in [0.5, 0.6) is 0 Å². The summed E-state index contributed by atoms with van der Waals surface area (Å²) in [5.74, 6) is -2.46. The number of amides is 1. The summed E-state index contributed by atoms with van der Waals surface area (Å²) >= 11 is 0. The van der Waals surface area contributed by atoms with E-state index in [9.17, 15) is 9.59 Å². The number of fused-ring (bicyclic) bond motifs is 1. The number of nitrogens with one attached hydrogen (secondary N) is 1. The van der Waals surface area contributed by atoms with E-state index in [-0.39, 0.29) is 5.91 Å². The second-order valence-electron chi connectivity index (χ2n) is 4.18. The van der Waals surface area contributed by atoms with Crippen molar-refractivity contribution >= 4 is 17.6 Å². The molecule has 16 heavy (non-hydrogen) atoms. The zero-order valence-electron chi connectivity index (χ0n) is 9.15. The highest BCUT2D eigenvalue weighted by Crippen LogP contribution is 2.37. The van der Waals surface area contributed by atoms with Gasteiger partial charge in [0.15, 0.2) is 0 Å². The normalized spacial score (nSPS) is 20.1. The Morgan fingerprint density at radius 2 is 2.19 bits per heavy atom. The van der Waals surface area contributed by atoms with Crippen LogP contribution in [-0.4, -0.2) is 17.0 Å². The van der Waals surface area contributed by atoms with E-state index in [1.54, 1.807) is 6.92 Å². The van der Waals surface area contributed by atoms with Gasteiger partial charge in [-0.1, -0.05) is 24.6 Å². The monoisotopic (exact) mass is 219 g/mol. The van der Waals surface area contributed by atoms with Gasteiger partial charge in [-0.05, 0) is 18.6 Å². The molecule has 0 spiro atoms. The van der Waals surface area contributed by atoms with E-state index in [1.807, 2.05) is 25.1 Å². The number of hydrogen-bond acceptors (Lipinski definition) is 2. The van der Waals surface area contributed by atoms with Crippen molar-refractivity contribution in [2.75, 3.05) is 5.32 Å². The fourth-order valence-corrected chi connectivity index (χ4v) is 2.04. The topological polar surface area (TPSA) is 66.4 Å². The fourth-order valence-electron chi connectivity index (χ4n) is 2.04. The fraction of sp³-hybridized carbons (Fsp3) is 0.333. The Kier molecular flexibility index (Phi) is 2.42. The Morgan fingerprint density at radius 3 is 2.81 bits per heavy atom. The third-order valence-corrected chi connectivity index (χ3v) is 2.97. The number of carboxylic acids is 1. The first-order chi connectivity index (χ1) is 7.50. The molecule has 4 nitrogen and oxygen atoms in total. The van der Waals surface area contributed by atoms with Crippen molar-refractivity contribution in [2.24, 2.45) is 5.92 Å². The largest absolute Gasteiger partial charge is 0.481 e. The second-order valence-corrected chi connectivity index (χ2v) is 4.18. The van der Waals surface area contributed by atoms with Crippen LogP contribution in [0.2, 0.25) is 0 Å². The molecule has 84 valence electrons. The quantitative estimate of drug-likeness (QED) is 0.796. The van der Waals surface area contributed by atoms with Crippen LogP contribution in [0.1, 0.15) is 24.0 Å². The van der Waals surface area contributed by atoms with Crippen molar-refractivity contribution in [3.05, 3.63) is 29.3 Å². The molecule has 4 heteroatoms. The Balaban J connectivity index is 2.46. The first-order valence-electron chi connectivity index (χ1n) is 5.15. The number of aryl methyl sites for hydroxylation is 1. The number of rotatable bonds is 2. The van der Waals surface area contributed by atoms with Crippen LogP contribution in [0.15, 0.2) is 18.2 Å². The van der Waals surface area contributed by atoms with Gasteiger partial charge in [0.25, 0.3) is 0 Å². The predicted molar refractivity (Wildman–Crippen MR) is 59.3 cm³/mol. The number of carbonyl (C=O) groups is 2. The van der Waals surface area contributed by atoms with Gasteiger partial charge in [-0.15, -0.1) is 0 Å². The van der Waals surface area contributed by atoms with Crippen molar-refractivity contribution in [3.8, 4) is 0 Å². The van der Waals surface area contributed by atoms with Gasteiger partial charge in [0.1, 0.15) is 0 Å². The van der Waals surface area contributed by atoms with Crippen molar-refractivity contribution in [3.63, 3.8) is 0 Å². The second kappa shape index (κ2) is 3.63. The molecular weight excluding hydrogens is 206 g/mol. The number of carboxylic acid groups (broad SMARTS) is 1. The lowest BCUT2D eigenvalue weighted by Crippen LogP contribution is -2.24. The van der Waals surface area contributed by atoms with Crippen LogP contribution in [0.25, 0.3) is 0 Å². The molecule has 0 saturated heterocycles. The van der Waals surface area contributed by atoms with Crippen molar-refractivity contribution in [1.29, 1.82) is 0 Å². The number of aliphatic carboxylic acids is 1. The third-order valence-electron chi connectivity index (χ3n) is 2.97. The molecule has 1 aliphatic heterocycles. The Bertz CT molecular complexity index is 467. The first kappa shape index (κ1) is 10.7. The summed E-state index contributed by atoms with van der Waals surface area (Å²) in [5.41, 5.74) is 2.55. The average molecular weight is 219 g/mol. The Labute approximate surface area is 93.3 Å². The molecule has 0 aromatic heterocycles. The molecule has 0 fully saturated rings. The lowest BCUT2D eigenvalue weighted by atomic mass is 9.88. The highest BCUT2D eigenvalue weighted by Gasteiger charge is 2.37. The van der Waals surface area contributed by atoms with Gasteiger partial charge in [-0.25, -0.2) is 0 Å². The maximum absolute atomic E-state index is 11.7. The minimum Gasteiger partial charge on any atom is -0.481 e. The van der Waals surface area contributed by atoms with Gasteiger partial charge in [0, 0.05) is 5.69 Å². The third kappa shape index (κ3) is 1.56. The molecule has 2 N–H and O–H groups in total. The van der Waals surface area contributed by atoms with Crippen LogP contribution in [-0.2, 0) is 9.59 Å². The van der Waals surface area contributed by atoms with E-state index in [0.717, 1.165) is 16.8 Å². The smallest absolute Gasteiger partial charge is 0.307 e.